The molecule has 29 heavy (non-hydrogen) atoms. The zero-order valence-electron chi connectivity index (χ0n) is 16.7. The van der Waals surface area contributed by atoms with Gasteiger partial charge in [-0.2, -0.15) is 0 Å². The molecule has 3 aliphatic rings. The predicted octanol–water partition coefficient (Wildman–Crippen LogP) is 3.69. The van der Waals surface area contributed by atoms with Gasteiger partial charge in [0.2, 0.25) is 5.91 Å². The van der Waals surface area contributed by atoms with E-state index in [1.807, 2.05) is 28.0 Å². The molecule has 1 spiro atoms. The molecule has 0 N–H and O–H groups in total. The molecule has 6 heteroatoms. The zero-order valence-corrected chi connectivity index (χ0v) is 17.5. The van der Waals surface area contributed by atoms with Gasteiger partial charge in [-0.15, -0.1) is 11.8 Å². The molecular formula is C23H24N2O3S. The van der Waals surface area contributed by atoms with Crippen LogP contribution in [0.15, 0.2) is 42.5 Å². The van der Waals surface area contributed by atoms with Crippen molar-refractivity contribution in [1.82, 2.24) is 4.90 Å². The number of hydrogen-bond acceptors (Lipinski definition) is 4. The molecule has 2 fully saturated rings. The van der Waals surface area contributed by atoms with Gasteiger partial charge < -0.3 is 14.5 Å². The number of thioether (sulfide) groups is 1. The molecule has 2 aliphatic heterocycles. The first-order chi connectivity index (χ1) is 14.0. The number of methoxy groups -OCH3 is 1. The molecule has 0 unspecified atom stereocenters. The maximum Gasteiger partial charge on any atom is 0.268 e. The second-order valence-corrected chi connectivity index (χ2v) is 9.30. The summed E-state index contributed by atoms with van der Waals surface area (Å²) in [6, 6.07) is 14.0. The normalized spacial score (nSPS) is 23.0. The minimum Gasteiger partial charge on any atom is -0.497 e. The molecular weight excluding hydrogens is 384 g/mol. The number of fused-ring (bicyclic) bond motifs is 2. The number of ether oxygens (including phenoxy) is 1. The van der Waals surface area contributed by atoms with Gasteiger partial charge in [0, 0.05) is 23.8 Å². The van der Waals surface area contributed by atoms with E-state index < -0.39 is 4.87 Å². The van der Waals surface area contributed by atoms with Crippen LogP contribution in [0, 0.1) is 12.8 Å². The third-order valence-corrected chi connectivity index (χ3v) is 7.47. The number of benzene rings is 2. The molecule has 2 aromatic rings. The number of aryl methyl sites for hydroxylation is 1. The van der Waals surface area contributed by atoms with Crippen molar-refractivity contribution in [3.05, 3.63) is 59.2 Å². The third-order valence-electron chi connectivity index (χ3n) is 6.05. The van der Waals surface area contributed by atoms with Crippen molar-refractivity contribution in [3.63, 3.8) is 0 Å². The van der Waals surface area contributed by atoms with Gasteiger partial charge in [0.25, 0.3) is 5.91 Å². The Kier molecular flexibility index (Phi) is 4.35. The number of carbonyl (C=O) groups excluding carboxylic acids is 2. The fourth-order valence-corrected chi connectivity index (χ4v) is 5.78. The van der Waals surface area contributed by atoms with Gasteiger partial charge in [-0.25, -0.2) is 0 Å². The van der Waals surface area contributed by atoms with E-state index >= 15 is 0 Å². The van der Waals surface area contributed by atoms with E-state index in [0.29, 0.717) is 18.8 Å². The Morgan fingerprint density at radius 3 is 2.66 bits per heavy atom. The first kappa shape index (κ1) is 18.6. The van der Waals surface area contributed by atoms with Gasteiger partial charge in [-0.1, -0.05) is 29.8 Å². The second kappa shape index (κ2) is 6.80. The van der Waals surface area contributed by atoms with E-state index in [4.69, 9.17) is 4.74 Å². The highest BCUT2D eigenvalue weighted by molar-refractivity contribution is 8.01. The zero-order chi connectivity index (χ0) is 20.2. The van der Waals surface area contributed by atoms with E-state index in [2.05, 4.69) is 31.2 Å². The predicted molar refractivity (Wildman–Crippen MR) is 114 cm³/mol. The molecule has 150 valence electrons. The summed E-state index contributed by atoms with van der Waals surface area (Å²) in [5, 5.41) is 0. The van der Waals surface area contributed by atoms with Crippen LogP contribution in [0.25, 0.3) is 0 Å². The molecule has 5 rings (SSSR count). The fourth-order valence-electron chi connectivity index (χ4n) is 4.33. The topological polar surface area (TPSA) is 49.9 Å². The van der Waals surface area contributed by atoms with Crippen LogP contribution in [0.3, 0.4) is 0 Å². The van der Waals surface area contributed by atoms with Crippen molar-refractivity contribution in [2.45, 2.75) is 31.2 Å². The number of anilines is 1. The highest BCUT2D eigenvalue weighted by Gasteiger charge is 2.60. The minimum atomic E-state index is -0.964. The Hall–Kier alpha value is -2.47. The molecule has 0 bridgehead atoms. The van der Waals surface area contributed by atoms with Crippen molar-refractivity contribution >= 4 is 29.3 Å². The Balaban J connectivity index is 1.60. The summed E-state index contributed by atoms with van der Waals surface area (Å²) in [5.74, 6) is 1.66. The molecule has 0 aromatic heterocycles. The van der Waals surface area contributed by atoms with Crippen molar-refractivity contribution in [2.24, 2.45) is 5.92 Å². The van der Waals surface area contributed by atoms with E-state index in [0.717, 1.165) is 35.4 Å². The maximum atomic E-state index is 13.9. The van der Waals surface area contributed by atoms with Crippen LogP contribution in [0.1, 0.15) is 29.5 Å². The van der Waals surface area contributed by atoms with Gasteiger partial charge in [0.05, 0.1) is 19.3 Å². The van der Waals surface area contributed by atoms with Gasteiger partial charge in [0.15, 0.2) is 4.87 Å². The monoisotopic (exact) mass is 408 g/mol. The van der Waals surface area contributed by atoms with Gasteiger partial charge >= 0.3 is 0 Å². The SMILES string of the molecule is COc1ccc2c(c1)[C@]1(SCCN1C(=O)C1CC1)C(=O)N2Cc1ccc(C)cc1. The lowest BCUT2D eigenvalue weighted by Gasteiger charge is -2.33. The van der Waals surface area contributed by atoms with E-state index in [-0.39, 0.29) is 17.7 Å². The van der Waals surface area contributed by atoms with Crippen molar-refractivity contribution in [2.75, 3.05) is 24.3 Å². The highest BCUT2D eigenvalue weighted by Crippen LogP contribution is 2.56. The summed E-state index contributed by atoms with van der Waals surface area (Å²) in [5.41, 5.74) is 4.02. The number of rotatable bonds is 4. The first-order valence-corrected chi connectivity index (χ1v) is 11.0. The molecule has 0 radical (unpaired) electrons. The summed E-state index contributed by atoms with van der Waals surface area (Å²) in [4.78, 5) is 29.7. The van der Waals surface area contributed by atoms with Crippen LogP contribution in [-0.2, 0) is 21.0 Å². The lowest BCUT2D eigenvalue weighted by Crippen LogP contribution is -2.50. The number of amides is 2. The average Bonchev–Trinajstić information content (AvgIpc) is 3.46. The van der Waals surface area contributed by atoms with Gasteiger partial charge in [-0.05, 0) is 43.5 Å². The van der Waals surface area contributed by atoms with E-state index in [1.54, 1.807) is 18.9 Å². The lowest BCUT2D eigenvalue weighted by molar-refractivity contribution is -0.141. The van der Waals surface area contributed by atoms with Crippen LogP contribution < -0.4 is 9.64 Å². The number of hydrogen-bond donors (Lipinski definition) is 0. The minimum absolute atomic E-state index is 0.0159. The largest absolute Gasteiger partial charge is 0.497 e. The van der Waals surface area contributed by atoms with E-state index in [9.17, 15) is 9.59 Å². The summed E-state index contributed by atoms with van der Waals surface area (Å²) in [7, 11) is 1.63. The fraction of sp³-hybridized carbons (Fsp3) is 0.391. The van der Waals surface area contributed by atoms with Crippen LogP contribution in [0.2, 0.25) is 0 Å². The maximum absolute atomic E-state index is 13.9. The average molecular weight is 409 g/mol. The van der Waals surface area contributed by atoms with Crippen LogP contribution in [0.5, 0.6) is 5.75 Å². The number of nitrogens with zero attached hydrogens (tertiary/aromatic N) is 2. The Labute approximate surface area is 175 Å². The van der Waals surface area contributed by atoms with Crippen LogP contribution in [-0.4, -0.2) is 36.1 Å². The third kappa shape index (κ3) is 2.84. The quantitative estimate of drug-likeness (QED) is 0.774. The van der Waals surface area contributed by atoms with Crippen LogP contribution in [0.4, 0.5) is 5.69 Å². The molecule has 1 atom stereocenters. The van der Waals surface area contributed by atoms with Crippen molar-refractivity contribution < 1.29 is 14.3 Å². The molecule has 1 aliphatic carbocycles. The Morgan fingerprint density at radius 1 is 1.21 bits per heavy atom. The Bertz CT molecular complexity index is 986. The summed E-state index contributed by atoms with van der Waals surface area (Å²) < 4.78 is 5.46. The van der Waals surface area contributed by atoms with Gasteiger partial charge in [-0.3, -0.25) is 9.59 Å². The summed E-state index contributed by atoms with van der Waals surface area (Å²) in [6.07, 6.45) is 1.87. The molecule has 5 nitrogen and oxygen atoms in total. The highest BCUT2D eigenvalue weighted by atomic mass is 32.2. The smallest absolute Gasteiger partial charge is 0.268 e. The standard InChI is InChI=1S/C23H24N2O3S/c1-15-3-5-16(6-4-15)14-24-20-10-9-18(28-2)13-19(20)23(22(24)27)25(11-12-29-23)21(26)17-7-8-17/h3-6,9-10,13,17H,7-8,11-12,14H2,1-2H3/t23-/m0/s1. The molecule has 2 aromatic carbocycles. The lowest BCUT2D eigenvalue weighted by atomic mass is 10.0. The second-order valence-electron chi connectivity index (χ2n) is 8.02. The van der Waals surface area contributed by atoms with Crippen molar-refractivity contribution in [1.29, 1.82) is 0 Å². The summed E-state index contributed by atoms with van der Waals surface area (Å²) >= 11 is 1.58. The van der Waals surface area contributed by atoms with Crippen LogP contribution >= 0.6 is 11.8 Å². The van der Waals surface area contributed by atoms with E-state index in [1.165, 1.54) is 5.56 Å². The van der Waals surface area contributed by atoms with Gasteiger partial charge in [0.1, 0.15) is 5.75 Å². The molecule has 2 heterocycles. The molecule has 1 saturated heterocycles. The molecule has 2 amide bonds. The number of carbonyl (C=O) groups is 2. The molecule has 1 saturated carbocycles. The first-order valence-electron chi connectivity index (χ1n) is 10.1. The Morgan fingerprint density at radius 2 is 1.97 bits per heavy atom. The van der Waals surface area contributed by atoms with Crippen molar-refractivity contribution in [3.8, 4) is 5.75 Å². The summed E-state index contributed by atoms with van der Waals surface area (Å²) in [6.45, 7) is 3.16.